The number of carbonyl (C=O) groups is 1. The second kappa shape index (κ2) is 5.63. The van der Waals surface area contributed by atoms with E-state index in [1.54, 1.807) is 0 Å². The molecule has 0 saturated heterocycles. The third-order valence-corrected chi connectivity index (χ3v) is 3.91. The van der Waals surface area contributed by atoms with Crippen molar-refractivity contribution < 1.29 is 4.79 Å². The minimum Gasteiger partial charge on any atom is -0.324 e. The molecule has 6 heteroatoms. The van der Waals surface area contributed by atoms with Gasteiger partial charge in [0.2, 0.25) is 11.9 Å². The highest BCUT2D eigenvalue weighted by atomic mass is 16.1. The average molecular weight is 297 g/mol. The summed E-state index contributed by atoms with van der Waals surface area (Å²) in [7, 11) is 1.92. The highest BCUT2D eigenvalue weighted by molar-refractivity contribution is 5.91. The summed E-state index contributed by atoms with van der Waals surface area (Å²) in [5.41, 5.74) is 4.99. The largest absolute Gasteiger partial charge is 0.324 e. The molecule has 3 rings (SSSR count). The highest BCUT2D eigenvalue weighted by Gasteiger charge is 2.12. The normalized spacial score (nSPS) is 11.0. The molecule has 0 aliphatic heterocycles. The van der Waals surface area contributed by atoms with Crippen LogP contribution in [0, 0.1) is 13.8 Å². The van der Waals surface area contributed by atoms with Gasteiger partial charge in [0.1, 0.15) is 0 Å². The summed E-state index contributed by atoms with van der Waals surface area (Å²) in [4.78, 5) is 19.5. The molecule has 0 bridgehead atoms. The number of nitrogens with one attached hydrogen (secondary N) is 2. The van der Waals surface area contributed by atoms with Gasteiger partial charge in [0.15, 0.2) is 0 Å². The van der Waals surface area contributed by atoms with E-state index in [9.17, 15) is 4.79 Å². The Kier molecular flexibility index (Phi) is 3.66. The Morgan fingerprint density at radius 3 is 2.77 bits per heavy atom. The lowest BCUT2D eigenvalue weighted by Crippen LogP contribution is -2.13. The van der Waals surface area contributed by atoms with Crippen molar-refractivity contribution >= 4 is 22.9 Å². The second-order valence-corrected chi connectivity index (χ2v) is 5.42. The summed E-state index contributed by atoms with van der Waals surface area (Å²) >= 11 is 0. The lowest BCUT2D eigenvalue weighted by Gasteiger charge is -2.03. The molecule has 114 valence electrons. The van der Waals surface area contributed by atoms with E-state index in [4.69, 9.17) is 0 Å². The van der Waals surface area contributed by atoms with Crippen molar-refractivity contribution in [1.29, 1.82) is 0 Å². The van der Waals surface area contributed by atoms with Crippen LogP contribution in [-0.4, -0.2) is 25.7 Å². The minimum absolute atomic E-state index is 0.0540. The van der Waals surface area contributed by atoms with E-state index in [0.717, 1.165) is 28.0 Å². The summed E-state index contributed by atoms with van der Waals surface area (Å²) in [5, 5.41) is 7.18. The van der Waals surface area contributed by atoms with E-state index in [1.165, 1.54) is 0 Å². The van der Waals surface area contributed by atoms with Crippen molar-refractivity contribution in [2.75, 3.05) is 5.32 Å². The Morgan fingerprint density at radius 1 is 1.32 bits per heavy atom. The van der Waals surface area contributed by atoms with Gasteiger partial charge in [-0.1, -0.05) is 12.1 Å². The maximum absolute atomic E-state index is 12.1. The van der Waals surface area contributed by atoms with Crippen LogP contribution in [0.4, 0.5) is 5.95 Å². The summed E-state index contributed by atoms with van der Waals surface area (Å²) in [5.74, 6) is 0.438. The summed E-state index contributed by atoms with van der Waals surface area (Å²) in [6.45, 7) is 3.99. The number of benzene rings is 1. The minimum atomic E-state index is -0.0540. The molecule has 1 aromatic carbocycles. The summed E-state index contributed by atoms with van der Waals surface area (Å²) in [6.07, 6.45) is 1.09. The number of H-pyrrole nitrogens is 1. The number of nitrogens with zero attached hydrogens (tertiary/aromatic N) is 3. The van der Waals surface area contributed by atoms with Crippen LogP contribution >= 0.6 is 0 Å². The van der Waals surface area contributed by atoms with Gasteiger partial charge in [-0.05, 0) is 38.0 Å². The molecule has 0 spiro atoms. The molecule has 2 heterocycles. The zero-order valence-corrected chi connectivity index (χ0v) is 13.0. The molecule has 1 amide bonds. The molecule has 3 aromatic rings. The van der Waals surface area contributed by atoms with Gasteiger partial charge in [0.05, 0.1) is 16.7 Å². The van der Waals surface area contributed by atoms with E-state index in [2.05, 4.69) is 20.4 Å². The maximum atomic E-state index is 12.1. The van der Waals surface area contributed by atoms with Crippen LogP contribution < -0.4 is 5.32 Å². The molecule has 0 unspecified atom stereocenters. The van der Waals surface area contributed by atoms with Gasteiger partial charge < -0.3 is 4.98 Å². The fourth-order valence-electron chi connectivity index (χ4n) is 2.62. The third-order valence-electron chi connectivity index (χ3n) is 3.91. The SMILES string of the molecule is Cc1nn(C)c(C)c1CCC(=O)Nc1nc2ccccc2[nH]1. The lowest BCUT2D eigenvalue weighted by molar-refractivity contribution is -0.116. The maximum Gasteiger partial charge on any atom is 0.227 e. The molecule has 2 N–H and O–H groups in total. The topological polar surface area (TPSA) is 75.6 Å². The number of rotatable bonds is 4. The number of anilines is 1. The van der Waals surface area contributed by atoms with Crippen molar-refractivity contribution in [2.24, 2.45) is 7.05 Å². The van der Waals surface area contributed by atoms with Gasteiger partial charge in [0.25, 0.3) is 0 Å². The number of amides is 1. The molecule has 2 aromatic heterocycles. The van der Waals surface area contributed by atoms with Crippen LogP contribution in [0.25, 0.3) is 11.0 Å². The Labute approximate surface area is 128 Å². The molecular weight excluding hydrogens is 278 g/mol. The molecule has 0 saturated carbocycles. The Balaban J connectivity index is 1.65. The standard InChI is InChI=1S/C16H19N5O/c1-10-12(11(2)21(3)20-10)8-9-15(22)19-16-17-13-6-4-5-7-14(13)18-16/h4-7H,8-9H2,1-3H3,(H2,17,18,19,22). The Morgan fingerprint density at radius 2 is 2.09 bits per heavy atom. The molecule has 0 atom stereocenters. The van der Waals surface area contributed by atoms with Gasteiger partial charge in [0, 0.05) is 19.2 Å². The first-order chi connectivity index (χ1) is 10.5. The van der Waals surface area contributed by atoms with Crippen LogP contribution in [0.15, 0.2) is 24.3 Å². The first-order valence-corrected chi connectivity index (χ1v) is 7.28. The summed E-state index contributed by atoms with van der Waals surface area (Å²) in [6, 6.07) is 7.69. The van der Waals surface area contributed by atoms with Crippen molar-refractivity contribution in [2.45, 2.75) is 26.7 Å². The molecule has 0 radical (unpaired) electrons. The first-order valence-electron chi connectivity index (χ1n) is 7.28. The monoisotopic (exact) mass is 297 g/mol. The molecular formula is C16H19N5O. The van der Waals surface area contributed by atoms with Crippen molar-refractivity contribution in [3.05, 3.63) is 41.2 Å². The highest BCUT2D eigenvalue weighted by Crippen LogP contribution is 2.16. The zero-order valence-electron chi connectivity index (χ0n) is 13.0. The number of aryl methyl sites for hydroxylation is 2. The van der Waals surface area contributed by atoms with E-state index < -0.39 is 0 Å². The number of para-hydroxylation sites is 2. The van der Waals surface area contributed by atoms with Gasteiger partial charge in [-0.15, -0.1) is 0 Å². The predicted octanol–water partition coefficient (Wildman–Crippen LogP) is 2.48. The fourth-order valence-corrected chi connectivity index (χ4v) is 2.62. The van der Waals surface area contributed by atoms with E-state index in [0.29, 0.717) is 18.8 Å². The lowest BCUT2D eigenvalue weighted by atomic mass is 10.1. The number of imidazole rings is 1. The number of aromatic amines is 1. The molecule has 0 aliphatic rings. The van der Waals surface area contributed by atoms with Gasteiger partial charge >= 0.3 is 0 Å². The zero-order chi connectivity index (χ0) is 15.7. The van der Waals surface area contributed by atoms with Crippen LogP contribution in [0.1, 0.15) is 23.4 Å². The van der Waals surface area contributed by atoms with Gasteiger partial charge in [-0.25, -0.2) is 4.98 Å². The van der Waals surface area contributed by atoms with Gasteiger partial charge in [-0.3, -0.25) is 14.8 Å². The van der Waals surface area contributed by atoms with Crippen molar-refractivity contribution in [3.8, 4) is 0 Å². The number of aromatic nitrogens is 4. The number of hydrogen-bond donors (Lipinski definition) is 2. The summed E-state index contributed by atoms with van der Waals surface area (Å²) < 4.78 is 1.85. The Hall–Kier alpha value is -2.63. The number of carbonyl (C=O) groups excluding carboxylic acids is 1. The molecule has 6 nitrogen and oxygen atoms in total. The fraction of sp³-hybridized carbons (Fsp3) is 0.312. The Bertz CT molecular complexity index is 797. The van der Waals surface area contributed by atoms with Crippen LogP contribution in [0.3, 0.4) is 0 Å². The van der Waals surface area contributed by atoms with Crippen LogP contribution in [0.5, 0.6) is 0 Å². The predicted molar refractivity (Wildman–Crippen MR) is 85.7 cm³/mol. The van der Waals surface area contributed by atoms with E-state index in [1.807, 2.05) is 49.8 Å². The van der Waals surface area contributed by atoms with Crippen molar-refractivity contribution in [1.82, 2.24) is 19.7 Å². The smallest absolute Gasteiger partial charge is 0.227 e. The molecule has 0 aliphatic carbocycles. The second-order valence-electron chi connectivity index (χ2n) is 5.42. The molecule has 22 heavy (non-hydrogen) atoms. The van der Waals surface area contributed by atoms with E-state index >= 15 is 0 Å². The van der Waals surface area contributed by atoms with Crippen LogP contribution in [-0.2, 0) is 18.3 Å². The first kappa shape index (κ1) is 14.3. The number of fused-ring (bicyclic) bond motifs is 1. The average Bonchev–Trinajstić information content (AvgIpc) is 2.98. The number of hydrogen-bond acceptors (Lipinski definition) is 3. The van der Waals surface area contributed by atoms with Crippen LogP contribution in [0.2, 0.25) is 0 Å². The van der Waals surface area contributed by atoms with Crippen molar-refractivity contribution in [3.63, 3.8) is 0 Å². The molecule has 0 fully saturated rings. The van der Waals surface area contributed by atoms with E-state index in [-0.39, 0.29) is 5.91 Å². The quantitative estimate of drug-likeness (QED) is 0.777. The van der Waals surface area contributed by atoms with Gasteiger partial charge in [-0.2, -0.15) is 5.10 Å². The third kappa shape index (κ3) is 2.72.